The summed E-state index contributed by atoms with van der Waals surface area (Å²) < 4.78 is 2.28. The summed E-state index contributed by atoms with van der Waals surface area (Å²) in [5.74, 6) is 2.25. The Kier molecular flexibility index (Phi) is 3.82. The van der Waals surface area contributed by atoms with Crippen LogP contribution in [-0.4, -0.2) is 27.9 Å². The van der Waals surface area contributed by atoms with E-state index in [1.807, 2.05) is 0 Å². The fourth-order valence-electron chi connectivity index (χ4n) is 3.11. The van der Waals surface area contributed by atoms with E-state index in [4.69, 9.17) is 0 Å². The van der Waals surface area contributed by atoms with Crippen LogP contribution in [0.25, 0.3) is 0 Å². The zero-order valence-corrected chi connectivity index (χ0v) is 11.3. The van der Waals surface area contributed by atoms with Gasteiger partial charge in [0, 0.05) is 18.5 Å². The molecule has 17 heavy (non-hydrogen) atoms. The van der Waals surface area contributed by atoms with Crippen molar-refractivity contribution in [2.75, 3.05) is 13.1 Å². The molecule has 0 amide bonds. The molecule has 1 aliphatic rings. The molecule has 0 radical (unpaired) electrons. The Bertz CT molecular complexity index is 358. The van der Waals surface area contributed by atoms with Crippen LogP contribution in [0.5, 0.6) is 0 Å². The summed E-state index contributed by atoms with van der Waals surface area (Å²) in [5, 5.41) is 12.3. The van der Waals surface area contributed by atoms with Crippen molar-refractivity contribution in [1.82, 2.24) is 20.1 Å². The van der Waals surface area contributed by atoms with Crippen LogP contribution in [-0.2, 0) is 12.0 Å². The van der Waals surface area contributed by atoms with Crippen LogP contribution in [0.1, 0.15) is 51.2 Å². The van der Waals surface area contributed by atoms with Gasteiger partial charge in [0.2, 0.25) is 0 Å². The first-order valence-electron chi connectivity index (χ1n) is 6.84. The Morgan fingerprint density at radius 1 is 1.35 bits per heavy atom. The largest absolute Gasteiger partial charge is 0.316 e. The van der Waals surface area contributed by atoms with Gasteiger partial charge >= 0.3 is 0 Å². The number of nitrogens with one attached hydrogen (secondary N) is 1. The van der Waals surface area contributed by atoms with Gasteiger partial charge in [-0.3, -0.25) is 0 Å². The van der Waals surface area contributed by atoms with E-state index >= 15 is 0 Å². The SMILES string of the molecule is CCCC1(c2nnc(C)n2CC)CCCNC1. The highest BCUT2D eigenvalue weighted by Gasteiger charge is 2.37. The Labute approximate surface area is 104 Å². The Balaban J connectivity index is 2.37. The molecule has 4 nitrogen and oxygen atoms in total. The number of nitrogens with zero attached hydrogens (tertiary/aromatic N) is 3. The van der Waals surface area contributed by atoms with Gasteiger partial charge in [-0.1, -0.05) is 13.3 Å². The molecule has 1 N–H and O–H groups in total. The van der Waals surface area contributed by atoms with Crippen LogP contribution in [0, 0.1) is 6.92 Å². The van der Waals surface area contributed by atoms with Gasteiger partial charge in [0.25, 0.3) is 0 Å². The van der Waals surface area contributed by atoms with Crippen LogP contribution in [0.15, 0.2) is 0 Å². The van der Waals surface area contributed by atoms with E-state index in [0.717, 1.165) is 25.5 Å². The van der Waals surface area contributed by atoms with Crippen molar-refractivity contribution in [3.63, 3.8) is 0 Å². The number of rotatable bonds is 4. The lowest BCUT2D eigenvalue weighted by atomic mass is 9.76. The van der Waals surface area contributed by atoms with Gasteiger partial charge in [0.1, 0.15) is 11.6 Å². The molecule has 2 rings (SSSR count). The second-order valence-corrected chi connectivity index (χ2v) is 5.13. The van der Waals surface area contributed by atoms with E-state index < -0.39 is 0 Å². The molecule has 0 aliphatic carbocycles. The molecule has 1 fully saturated rings. The third-order valence-corrected chi connectivity index (χ3v) is 3.93. The van der Waals surface area contributed by atoms with Gasteiger partial charge in [-0.15, -0.1) is 10.2 Å². The molecule has 0 saturated carbocycles. The molecule has 1 aliphatic heterocycles. The lowest BCUT2D eigenvalue weighted by molar-refractivity contribution is 0.267. The van der Waals surface area contributed by atoms with Crippen LogP contribution in [0.2, 0.25) is 0 Å². The summed E-state index contributed by atoms with van der Waals surface area (Å²) in [6.07, 6.45) is 4.90. The molecule has 0 bridgehead atoms. The molecular weight excluding hydrogens is 212 g/mol. The number of aryl methyl sites for hydroxylation is 1. The standard InChI is InChI=1S/C13H24N4/c1-4-7-13(8-6-9-14-10-13)12-16-15-11(3)17(12)5-2/h14H,4-10H2,1-3H3. The van der Waals surface area contributed by atoms with E-state index in [1.165, 1.54) is 31.5 Å². The third kappa shape index (κ3) is 2.23. The smallest absolute Gasteiger partial charge is 0.140 e. The Hall–Kier alpha value is -0.900. The normalized spacial score (nSPS) is 25.1. The Morgan fingerprint density at radius 3 is 2.76 bits per heavy atom. The van der Waals surface area contributed by atoms with Gasteiger partial charge in [-0.25, -0.2) is 0 Å². The van der Waals surface area contributed by atoms with E-state index in [9.17, 15) is 0 Å². The molecule has 1 unspecified atom stereocenters. The summed E-state index contributed by atoms with van der Waals surface area (Å²) in [6.45, 7) is 9.66. The summed E-state index contributed by atoms with van der Waals surface area (Å²) in [7, 11) is 0. The van der Waals surface area contributed by atoms with Crippen molar-refractivity contribution in [3.05, 3.63) is 11.6 Å². The predicted molar refractivity (Wildman–Crippen MR) is 69.1 cm³/mol. The van der Waals surface area contributed by atoms with E-state index in [1.54, 1.807) is 0 Å². The summed E-state index contributed by atoms with van der Waals surface area (Å²) in [6, 6.07) is 0. The number of hydrogen-bond donors (Lipinski definition) is 1. The highest BCUT2D eigenvalue weighted by atomic mass is 15.3. The molecule has 1 atom stereocenters. The third-order valence-electron chi connectivity index (χ3n) is 3.93. The van der Waals surface area contributed by atoms with Crippen LogP contribution < -0.4 is 5.32 Å². The predicted octanol–water partition coefficient (Wildman–Crippen LogP) is 2.03. The van der Waals surface area contributed by atoms with Gasteiger partial charge in [0.15, 0.2) is 0 Å². The minimum atomic E-state index is 0.213. The lowest BCUT2D eigenvalue weighted by Gasteiger charge is -2.37. The van der Waals surface area contributed by atoms with Gasteiger partial charge in [-0.05, 0) is 39.7 Å². The van der Waals surface area contributed by atoms with Crippen molar-refractivity contribution in [3.8, 4) is 0 Å². The van der Waals surface area contributed by atoms with Crippen molar-refractivity contribution in [2.45, 2.75) is 58.4 Å². The van der Waals surface area contributed by atoms with Crippen molar-refractivity contribution in [2.24, 2.45) is 0 Å². The molecule has 1 aromatic rings. The fourth-order valence-corrected chi connectivity index (χ4v) is 3.11. The monoisotopic (exact) mass is 236 g/mol. The lowest BCUT2D eigenvalue weighted by Crippen LogP contribution is -2.45. The average Bonchev–Trinajstić information content (AvgIpc) is 2.72. The molecule has 0 spiro atoms. The summed E-state index contributed by atoms with van der Waals surface area (Å²) in [5.41, 5.74) is 0.213. The van der Waals surface area contributed by atoms with Gasteiger partial charge in [0.05, 0.1) is 0 Å². The van der Waals surface area contributed by atoms with Crippen LogP contribution >= 0.6 is 0 Å². The first-order valence-corrected chi connectivity index (χ1v) is 6.84. The minimum Gasteiger partial charge on any atom is -0.316 e. The molecule has 1 aromatic heterocycles. The number of hydrogen-bond acceptors (Lipinski definition) is 3. The molecule has 0 aromatic carbocycles. The first-order chi connectivity index (χ1) is 8.23. The first kappa shape index (κ1) is 12.6. The van der Waals surface area contributed by atoms with Crippen molar-refractivity contribution in [1.29, 1.82) is 0 Å². The van der Waals surface area contributed by atoms with Crippen LogP contribution in [0.4, 0.5) is 0 Å². The van der Waals surface area contributed by atoms with Crippen molar-refractivity contribution < 1.29 is 0 Å². The Morgan fingerprint density at radius 2 is 2.18 bits per heavy atom. The summed E-state index contributed by atoms with van der Waals surface area (Å²) in [4.78, 5) is 0. The van der Waals surface area contributed by atoms with E-state index in [2.05, 4.69) is 40.9 Å². The fraction of sp³-hybridized carbons (Fsp3) is 0.846. The minimum absolute atomic E-state index is 0.213. The highest BCUT2D eigenvalue weighted by Crippen LogP contribution is 2.34. The molecule has 1 saturated heterocycles. The molecule has 96 valence electrons. The maximum Gasteiger partial charge on any atom is 0.140 e. The zero-order chi connectivity index (χ0) is 12.3. The molecule has 2 heterocycles. The van der Waals surface area contributed by atoms with Gasteiger partial charge < -0.3 is 9.88 Å². The maximum atomic E-state index is 4.47. The second-order valence-electron chi connectivity index (χ2n) is 5.13. The highest BCUT2D eigenvalue weighted by molar-refractivity contribution is 5.13. The topological polar surface area (TPSA) is 42.7 Å². The molecule has 4 heteroatoms. The number of piperidine rings is 1. The quantitative estimate of drug-likeness (QED) is 0.870. The van der Waals surface area contributed by atoms with E-state index in [-0.39, 0.29) is 5.41 Å². The number of aromatic nitrogens is 3. The average molecular weight is 236 g/mol. The maximum absolute atomic E-state index is 4.47. The van der Waals surface area contributed by atoms with Gasteiger partial charge in [-0.2, -0.15) is 0 Å². The van der Waals surface area contributed by atoms with E-state index in [0.29, 0.717) is 0 Å². The zero-order valence-electron chi connectivity index (χ0n) is 11.3. The van der Waals surface area contributed by atoms with Crippen LogP contribution in [0.3, 0.4) is 0 Å². The molecular formula is C13H24N4. The summed E-state index contributed by atoms with van der Waals surface area (Å²) >= 11 is 0. The van der Waals surface area contributed by atoms with Crippen molar-refractivity contribution >= 4 is 0 Å². The second kappa shape index (κ2) is 5.17.